The average molecular weight is 355 g/mol. The molecule has 0 unspecified atom stereocenters. The normalized spacial score (nSPS) is 19.5. The first kappa shape index (κ1) is 17.5. The molecule has 6 nitrogen and oxygen atoms in total. The van der Waals surface area contributed by atoms with Crippen LogP contribution in [-0.4, -0.2) is 52.9 Å². The van der Waals surface area contributed by atoms with Crippen molar-refractivity contribution in [3.8, 4) is 0 Å². The lowest BCUT2D eigenvalue weighted by atomic mass is 9.57. The molecule has 0 bridgehead atoms. The summed E-state index contributed by atoms with van der Waals surface area (Å²) >= 11 is 0. The molecule has 0 aromatic carbocycles. The van der Waals surface area contributed by atoms with E-state index in [9.17, 15) is 4.79 Å². The molecule has 1 saturated carbocycles. The van der Waals surface area contributed by atoms with Crippen molar-refractivity contribution in [3.63, 3.8) is 0 Å². The van der Waals surface area contributed by atoms with Gasteiger partial charge in [0.1, 0.15) is 5.65 Å². The summed E-state index contributed by atoms with van der Waals surface area (Å²) in [5, 5.41) is 6.29. The van der Waals surface area contributed by atoms with E-state index in [0.717, 1.165) is 63.5 Å². The number of fused-ring (bicyclic) bond motifs is 1. The quantitative estimate of drug-likeness (QED) is 0.741. The van der Waals surface area contributed by atoms with Crippen LogP contribution in [-0.2, 0) is 11.3 Å². The van der Waals surface area contributed by atoms with Crippen LogP contribution in [0.25, 0.3) is 5.65 Å². The van der Waals surface area contributed by atoms with Gasteiger partial charge in [0.2, 0.25) is 5.91 Å². The number of carbonyl (C=O) groups is 1. The minimum Gasteiger partial charge on any atom is -0.355 e. The number of nitrogens with one attached hydrogen (secondary N) is 2. The zero-order valence-corrected chi connectivity index (χ0v) is 15.8. The zero-order valence-electron chi connectivity index (χ0n) is 15.8. The summed E-state index contributed by atoms with van der Waals surface area (Å²) in [4.78, 5) is 19.3. The molecule has 1 amide bonds. The molecule has 0 radical (unpaired) electrons. The molecule has 1 aliphatic heterocycles. The van der Waals surface area contributed by atoms with Gasteiger partial charge >= 0.3 is 0 Å². The van der Waals surface area contributed by atoms with Gasteiger partial charge in [0.25, 0.3) is 0 Å². The molecule has 0 atom stereocenters. The molecule has 2 N–H and O–H groups in total. The highest BCUT2D eigenvalue weighted by Gasteiger charge is 2.54. The molecule has 2 aromatic heterocycles. The summed E-state index contributed by atoms with van der Waals surface area (Å²) in [6, 6.07) is 6.14. The molecule has 2 fully saturated rings. The molecule has 1 saturated heterocycles. The number of imidazole rings is 1. The Morgan fingerprint density at radius 3 is 2.88 bits per heavy atom. The highest BCUT2D eigenvalue weighted by Crippen LogP contribution is 2.52. The monoisotopic (exact) mass is 355 g/mol. The van der Waals surface area contributed by atoms with Crippen LogP contribution in [0.1, 0.15) is 31.2 Å². The van der Waals surface area contributed by atoms with Crippen LogP contribution < -0.4 is 10.6 Å². The van der Waals surface area contributed by atoms with Crippen molar-refractivity contribution >= 4 is 11.6 Å². The second-order valence-corrected chi connectivity index (χ2v) is 7.97. The van der Waals surface area contributed by atoms with Gasteiger partial charge in [-0.25, -0.2) is 4.98 Å². The zero-order chi connectivity index (χ0) is 18.1. The first-order valence-electron chi connectivity index (χ1n) is 9.73. The molecule has 2 aliphatic rings. The maximum atomic E-state index is 12.2. The van der Waals surface area contributed by atoms with Gasteiger partial charge in [0, 0.05) is 44.8 Å². The first-order valence-corrected chi connectivity index (χ1v) is 9.73. The second-order valence-electron chi connectivity index (χ2n) is 7.97. The van der Waals surface area contributed by atoms with Crippen molar-refractivity contribution in [3.05, 3.63) is 35.8 Å². The molecule has 2 aromatic rings. The van der Waals surface area contributed by atoms with Crippen LogP contribution in [0.5, 0.6) is 0 Å². The number of aryl methyl sites for hydroxylation is 1. The van der Waals surface area contributed by atoms with Crippen molar-refractivity contribution in [1.29, 1.82) is 0 Å². The Balaban J connectivity index is 1.25. The Morgan fingerprint density at radius 1 is 1.31 bits per heavy atom. The number of likely N-dealkylation sites (tertiary alicyclic amines) is 1. The van der Waals surface area contributed by atoms with Gasteiger partial charge in [0.05, 0.1) is 11.4 Å². The number of rotatable bonds is 7. The predicted octanol–water partition coefficient (Wildman–Crippen LogP) is 1.58. The largest absolute Gasteiger partial charge is 0.355 e. The number of amides is 1. The molecule has 3 heterocycles. The molecular weight excluding hydrogens is 326 g/mol. The second kappa shape index (κ2) is 7.00. The fourth-order valence-electron chi connectivity index (χ4n) is 4.61. The Kier molecular flexibility index (Phi) is 4.71. The molecule has 4 rings (SSSR count). The average Bonchev–Trinajstić information content (AvgIpc) is 2.88. The lowest BCUT2D eigenvalue weighted by Gasteiger charge is -2.58. The number of nitrogens with zero attached hydrogens (tertiary/aromatic N) is 3. The van der Waals surface area contributed by atoms with E-state index in [1.807, 2.05) is 6.07 Å². The minimum absolute atomic E-state index is 0.219. The van der Waals surface area contributed by atoms with Crippen molar-refractivity contribution in [2.75, 3.05) is 32.7 Å². The first-order chi connectivity index (χ1) is 12.6. The van der Waals surface area contributed by atoms with Crippen molar-refractivity contribution in [2.24, 2.45) is 11.3 Å². The van der Waals surface area contributed by atoms with E-state index in [2.05, 4.69) is 57.1 Å². The van der Waals surface area contributed by atoms with E-state index >= 15 is 0 Å². The summed E-state index contributed by atoms with van der Waals surface area (Å²) in [5.74, 6) is 0.459. The summed E-state index contributed by atoms with van der Waals surface area (Å²) in [6.45, 7) is 9.86. The van der Waals surface area contributed by atoms with Crippen LogP contribution in [0.4, 0.5) is 0 Å². The van der Waals surface area contributed by atoms with Gasteiger partial charge in [-0.3, -0.25) is 9.69 Å². The molecule has 1 spiro atoms. The van der Waals surface area contributed by atoms with Gasteiger partial charge in [-0.15, -0.1) is 0 Å². The fraction of sp³-hybridized carbons (Fsp3) is 0.600. The van der Waals surface area contributed by atoms with Gasteiger partial charge in [0.15, 0.2) is 0 Å². The molecule has 1 aliphatic carbocycles. The Bertz CT molecular complexity index is 785. The van der Waals surface area contributed by atoms with Gasteiger partial charge in [-0.05, 0) is 43.9 Å². The van der Waals surface area contributed by atoms with Crippen LogP contribution in [0.3, 0.4) is 0 Å². The fourth-order valence-corrected chi connectivity index (χ4v) is 4.61. The van der Waals surface area contributed by atoms with E-state index in [1.54, 1.807) is 0 Å². The smallest absolute Gasteiger partial charge is 0.223 e. The Morgan fingerprint density at radius 2 is 2.12 bits per heavy atom. The van der Waals surface area contributed by atoms with Gasteiger partial charge < -0.3 is 15.0 Å². The minimum atomic E-state index is 0.219. The number of aromatic nitrogens is 2. The third-order valence-electron chi connectivity index (χ3n) is 5.90. The predicted molar refractivity (Wildman–Crippen MR) is 102 cm³/mol. The summed E-state index contributed by atoms with van der Waals surface area (Å²) in [7, 11) is 0. The summed E-state index contributed by atoms with van der Waals surface area (Å²) in [6.07, 6.45) is 4.18. The van der Waals surface area contributed by atoms with E-state index < -0.39 is 0 Å². The van der Waals surface area contributed by atoms with Crippen LogP contribution in [0.15, 0.2) is 24.4 Å². The highest BCUT2D eigenvalue weighted by atomic mass is 16.1. The number of likely N-dealkylation sites (N-methyl/N-ethyl adjacent to an activating group) is 1. The van der Waals surface area contributed by atoms with E-state index in [-0.39, 0.29) is 11.8 Å². The molecule has 6 heteroatoms. The van der Waals surface area contributed by atoms with Crippen molar-refractivity contribution < 1.29 is 4.79 Å². The van der Waals surface area contributed by atoms with Crippen molar-refractivity contribution in [1.82, 2.24) is 24.9 Å². The number of carbonyl (C=O) groups excluding carboxylic acids is 1. The third-order valence-corrected chi connectivity index (χ3v) is 5.90. The third kappa shape index (κ3) is 3.23. The molecule has 26 heavy (non-hydrogen) atoms. The number of pyridine rings is 1. The van der Waals surface area contributed by atoms with E-state index in [4.69, 9.17) is 0 Å². The standard InChI is InChI=1S/C20H29N5O/c1-3-21-7-8-22-19(26)16-10-20(11-16)13-24(14-20)12-17-15(2)23-18-6-4-5-9-25(17)18/h4-6,9,16,21H,3,7-8,10-14H2,1-2H3,(H,22,26). The van der Waals surface area contributed by atoms with Gasteiger partial charge in [-0.2, -0.15) is 0 Å². The molecular formula is C20H29N5O. The van der Waals surface area contributed by atoms with E-state index in [0.29, 0.717) is 5.41 Å². The SMILES string of the molecule is CCNCCNC(=O)C1CC2(C1)CN(Cc1c(C)nc3ccccn13)C2. The number of hydrogen-bond acceptors (Lipinski definition) is 4. The Labute approximate surface area is 155 Å². The van der Waals surface area contributed by atoms with Crippen LogP contribution >= 0.6 is 0 Å². The summed E-state index contributed by atoms with van der Waals surface area (Å²) in [5.41, 5.74) is 3.81. The van der Waals surface area contributed by atoms with Gasteiger partial charge in [-0.1, -0.05) is 13.0 Å². The number of hydrogen-bond donors (Lipinski definition) is 2. The summed E-state index contributed by atoms with van der Waals surface area (Å²) < 4.78 is 2.20. The maximum Gasteiger partial charge on any atom is 0.223 e. The maximum absolute atomic E-state index is 12.2. The lowest BCUT2D eigenvalue weighted by molar-refractivity contribution is -0.145. The van der Waals surface area contributed by atoms with Crippen LogP contribution in [0, 0.1) is 18.3 Å². The van der Waals surface area contributed by atoms with Crippen LogP contribution in [0.2, 0.25) is 0 Å². The molecule has 140 valence electrons. The van der Waals surface area contributed by atoms with E-state index in [1.165, 1.54) is 5.69 Å². The highest BCUT2D eigenvalue weighted by molar-refractivity contribution is 5.79. The topological polar surface area (TPSA) is 61.7 Å². The van der Waals surface area contributed by atoms with Crippen molar-refractivity contribution in [2.45, 2.75) is 33.2 Å². The Hall–Kier alpha value is -1.92. The lowest BCUT2D eigenvalue weighted by Crippen LogP contribution is -2.63.